The maximum atomic E-state index is 10.2. The average molecular weight is 142 g/mol. The summed E-state index contributed by atoms with van der Waals surface area (Å²) in [6, 6.07) is 0. The van der Waals surface area contributed by atoms with Crippen molar-refractivity contribution in [2.24, 2.45) is 4.99 Å². The lowest BCUT2D eigenvalue weighted by atomic mass is 10.2. The number of carboxylic acid groups (broad SMARTS) is 1. The summed E-state index contributed by atoms with van der Waals surface area (Å²) in [7, 11) is 0. The number of hydrogen-bond acceptors (Lipinski definition) is 4. The Kier molecular flexibility index (Phi) is 1.42. The number of carbonyl (C=O) groups is 1. The number of carboxylic acids is 1. The van der Waals surface area contributed by atoms with E-state index in [4.69, 9.17) is 10.2 Å². The van der Waals surface area contributed by atoms with Crippen molar-refractivity contribution in [3.05, 3.63) is 12.3 Å². The Bertz CT molecular complexity index is 197. The van der Waals surface area contributed by atoms with E-state index in [0.29, 0.717) is 0 Å². The lowest BCUT2D eigenvalue weighted by Crippen LogP contribution is -2.37. The highest BCUT2D eigenvalue weighted by atomic mass is 16.4. The molecular weight excluding hydrogens is 136 g/mol. The fourth-order valence-electron chi connectivity index (χ4n) is 0.513. The quantitative estimate of drug-likeness (QED) is 0.434. The van der Waals surface area contributed by atoms with Gasteiger partial charge in [-0.25, -0.2) is 9.79 Å². The van der Waals surface area contributed by atoms with Gasteiger partial charge in [-0.1, -0.05) is 0 Å². The Morgan fingerprint density at radius 1 is 1.70 bits per heavy atom. The smallest absolute Gasteiger partial charge is 0.363 e. The van der Waals surface area contributed by atoms with Crippen molar-refractivity contribution in [2.75, 3.05) is 0 Å². The highest BCUT2D eigenvalue weighted by Gasteiger charge is 2.32. The normalized spacial score (nSPS) is 29.7. The fourth-order valence-corrected chi connectivity index (χ4v) is 0.513. The van der Waals surface area contributed by atoms with Gasteiger partial charge in [0.1, 0.15) is 0 Å². The Balaban J connectivity index is 2.85. The highest BCUT2D eigenvalue weighted by molar-refractivity contribution is 5.82. The summed E-state index contributed by atoms with van der Waals surface area (Å²) < 4.78 is 0. The summed E-state index contributed by atoms with van der Waals surface area (Å²) in [5.41, 5.74) is -2.08. The molecule has 0 aromatic heterocycles. The van der Waals surface area contributed by atoms with Gasteiger partial charge in [-0.2, -0.15) is 0 Å². The van der Waals surface area contributed by atoms with Gasteiger partial charge >= 0.3 is 5.97 Å². The minimum atomic E-state index is -2.08. The SMILES string of the molecule is O=C(O)C1(O)C=CNC=N1. The summed E-state index contributed by atoms with van der Waals surface area (Å²) in [5, 5.41) is 19.9. The van der Waals surface area contributed by atoms with E-state index in [2.05, 4.69) is 10.3 Å². The van der Waals surface area contributed by atoms with Crippen LogP contribution in [0.2, 0.25) is 0 Å². The van der Waals surface area contributed by atoms with Crippen molar-refractivity contribution < 1.29 is 15.0 Å². The molecule has 1 aliphatic heterocycles. The Labute approximate surface area is 56.7 Å². The van der Waals surface area contributed by atoms with Crippen molar-refractivity contribution in [1.82, 2.24) is 5.32 Å². The van der Waals surface area contributed by atoms with Crippen LogP contribution in [0.15, 0.2) is 17.3 Å². The summed E-state index contributed by atoms with van der Waals surface area (Å²) in [6.07, 6.45) is 3.48. The van der Waals surface area contributed by atoms with E-state index >= 15 is 0 Å². The van der Waals surface area contributed by atoms with Crippen LogP contribution in [0.25, 0.3) is 0 Å². The molecule has 10 heavy (non-hydrogen) atoms. The molecule has 5 heteroatoms. The molecule has 0 aliphatic carbocycles. The van der Waals surface area contributed by atoms with E-state index in [1.165, 1.54) is 6.20 Å². The number of aliphatic carboxylic acids is 1. The number of hydrogen-bond donors (Lipinski definition) is 3. The van der Waals surface area contributed by atoms with Crippen molar-refractivity contribution >= 4 is 12.3 Å². The van der Waals surface area contributed by atoms with Crippen molar-refractivity contribution in [2.45, 2.75) is 5.72 Å². The molecule has 0 spiro atoms. The Morgan fingerprint density at radius 3 is 2.70 bits per heavy atom. The molecule has 0 fully saturated rings. The zero-order valence-corrected chi connectivity index (χ0v) is 4.98. The van der Waals surface area contributed by atoms with E-state index in [0.717, 1.165) is 12.4 Å². The van der Waals surface area contributed by atoms with Gasteiger partial charge < -0.3 is 15.5 Å². The van der Waals surface area contributed by atoms with Crippen molar-refractivity contribution in [3.63, 3.8) is 0 Å². The molecule has 54 valence electrons. The first kappa shape index (κ1) is 6.76. The average Bonchev–Trinajstić information content (AvgIpc) is 1.89. The van der Waals surface area contributed by atoms with Gasteiger partial charge in [0.2, 0.25) is 0 Å². The summed E-state index contributed by atoms with van der Waals surface area (Å²) in [4.78, 5) is 13.5. The van der Waals surface area contributed by atoms with Gasteiger partial charge in [0, 0.05) is 6.20 Å². The number of aliphatic imine (C=N–C) groups is 1. The highest BCUT2D eigenvalue weighted by Crippen LogP contribution is 2.09. The standard InChI is InChI=1S/C5H6N2O3/c8-4(9)5(10)1-2-6-3-7-5/h1-3,10H,(H,6,7)(H,8,9). The first-order valence-electron chi connectivity index (χ1n) is 2.58. The van der Waals surface area contributed by atoms with E-state index in [1.54, 1.807) is 0 Å². The van der Waals surface area contributed by atoms with Crippen LogP contribution in [0.4, 0.5) is 0 Å². The fraction of sp³-hybridized carbons (Fsp3) is 0.200. The maximum absolute atomic E-state index is 10.2. The maximum Gasteiger partial charge on any atom is 0.363 e. The van der Waals surface area contributed by atoms with E-state index in [9.17, 15) is 4.79 Å². The molecule has 1 unspecified atom stereocenters. The molecule has 1 atom stereocenters. The Morgan fingerprint density at radius 2 is 2.40 bits per heavy atom. The summed E-state index contributed by atoms with van der Waals surface area (Å²) in [5.74, 6) is -1.39. The van der Waals surface area contributed by atoms with Crippen LogP contribution in [0.3, 0.4) is 0 Å². The molecule has 0 aromatic rings. The first-order chi connectivity index (χ1) is 4.65. The van der Waals surface area contributed by atoms with Gasteiger partial charge in [0.25, 0.3) is 5.72 Å². The van der Waals surface area contributed by atoms with E-state index in [1.807, 2.05) is 0 Å². The summed E-state index contributed by atoms with van der Waals surface area (Å²) >= 11 is 0. The topological polar surface area (TPSA) is 81.9 Å². The molecule has 0 saturated carbocycles. The third kappa shape index (κ3) is 0.985. The van der Waals surface area contributed by atoms with Crippen LogP contribution < -0.4 is 5.32 Å². The van der Waals surface area contributed by atoms with Crippen LogP contribution in [0.1, 0.15) is 0 Å². The molecular formula is C5H6N2O3. The van der Waals surface area contributed by atoms with E-state index in [-0.39, 0.29) is 0 Å². The second kappa shape index (κ2) is 2.11. The predicted octanol–water partition coefficient (Wildman–Crippen LogP) is -1.10. The van der Waals surface area contributed by atoms with Crippen LogP contribution in [-0.2, 0) is 4.79 Å². The van der Waals surface area contributed by atoms with Gasteiger partial charge in [-0.05, 0) is 6.08 Å². The molecule has 1 rings (SSSR count). The van der Waals surface area contributed by atoms with Crippen molar-refractivity contribution in [1.29, 1.82) is 0 Å². The zero-order chi connectivity index (χ0) is 7.61. The first-order valence-corrected chi connectivity index (χ1v) is 2.58. The predicted molar refractivity (Wildman–Crippen MR) is 33.4 cm³/mol. The lowest BCUT2D eigenvalue weighted by Gasteiger charge is -2.15. The molecule has 0 aromatic carbocycles. The minimum Gasteiger partial charge on any atom is -0.477 e. The molecule has 0 radical (unpaired) electrons. The third-order valence-corrected chi connectivity index (χ3v) is 1.06. The van der Waals surface area contributed by atoms with Gasteiger partial charge in [-0.3, -0.25) is 0 Å². The van der Waals surface area contributed by atoms with Crippen molar-refractivity contribution in [3.8, 4) is 0 Å². The monoisotopic (exact) mass is 142 g/mol. The zero-order valence-electron chi connectivity index (χ0n) is 4.98. The second-order valence-corrected chi connectivity index (χ2v) is 1.79. The number of rotatable bonds is 1. The lowest BCUT2D eigenvalue weighted by molar-refractivity contribution is -0.152. The Hall–Kier alpha value is -1.36. The number of nitrogens with zero attached hydrogens (tertiary/aromatic N) is 1. The molecule has 3 N–H and O–H groups in total. The molecule has 5 nitrogen and oxygen atoms in total. The third-order valence-electron chi connectivity index (χ3n) is 1.06. The van der Waals surface area contributed by atoms with Gasteiger partial charge in [-0.15, -0.1) is 0 Å². The molecule has 0 saturated heterocycles. The van der Waals surface area contributed by atoms with Crippen LogP contribution >= 0.6 is 0 Å². The number of nitrogens with one attached hydrogen (secondary N) is 1. The second-order valence-electron chi connectivity index (χ2n) is 1.79. The van der Waals surface area contributed by atoms with Gasteiger partial charge in [0.15, 0.2) is 0 Å². The van der Waals surface area contributed by atoms with Crippen LogP contribution in [0.5, 0.6) is 0 Å². The summed E-state index contributed by atoms with van der Waals surface area (Å²) in [6.45, 7) is 0. The minimum absolute atomic E-state index is 1.05. The molecule has 1 aliphatic rings. The van der Waals surface area contributed by atoms with E-state index < -0.39 is 11.7 Å². The molecule has 0 amide bonds. The number of aliphatic hydroxyl groups is 1. The molecule has 1 heterocycles. The largest absolute Gasteiger partial charge is 0.477 e. The van der Waals surface area contributed by atoms with Gasteiger partial charge in [0.05, 0.1) is 6.34 Å². The van der Waals surface area contributed by atoms with Crippen LogP contribution in [0, 0.1) is 0 Å². The molecule has 0 bridgehead atoms. The van der Waals surface area contributed by atoms with Crippen LogP contribution in [-0.4, -0.2) is 28.2 Å².